The molecule has 0 fully saturated rings. The molecule has 0 aliphatic heterocycles. The van der Waals surface area contributed by atoms with Crippen molar-refractivity contribution in [1.82, 2.24) is 0 Å². The van der Waals surface area contributed by atoms with Crippen LogP contribution in [0, 0.1) is 5.41 Å². The highest BCUT2D eigenvalue weighted by Gasteiger charge is 2.33. The molecule has 0 rings (SSSR count). The lowest BCUT2D eigenvalue weighted by Crippen LogP contribution is -2.44. The molecule has 10 nitrogen and oxygen atoms in total. The van der Waals surface area contributed by atoms with Gasteiger partial charge in [0.15, 0.2) is 0 Å². The Bertz CT molecular complexity index is 325. The lowest BCUT2D eigenvalue weighted by atomic mass is 9.92. The molecule has 1 unspecified atom stereocenters. The zero-order valence-electron chi connectivity index (χ0n) is 16.3. The predicted molar refractivity (Wildman–Crippen MR) is 103 cm³/mol. The van der Waals surface area contributed by atoms with Gasteiger partial charge < -0.3 is 51.4 Å². The fourth-order valence-electron chi connectivity index (χ4n) is 2.12. The van der Waals surface area contributed by atoms with Crippen molar-refractivity contribution in [1.29, 1.82) is 0 Å². The quantitative estimate of drug-likeness (QED) is 0.101. The molecule has 0 aliphatic carbocycles. The molecule has 0 aliphatic rings. The van der Waals surface area contributed by atoms with E-state index in [4.69, 9.17) is 51.4 Å². The van der Waals surface area contributed by atoms with Gasteiger partial charge in [-0.1, -0.05) is 6.08 Å². The third kappa shape index (κ3) is 14.1. The van der Waals surface area contributed by atoms with E-state index >= 15 is 0 Å². The third-order valence-corrected chi connectivity index (χ3v) is 3.57. The van der Waals surface area contributed by atoms with E-state index in [2.05, 4.69) is 6.58 Å². The minimum absolute atomic E-state index is 0.152. The molecule has 0 amide bonds. The van der Waals surface area contributed by atoms with E-state index in [1.165, 1.54) is 0 Å². The number of ether oxygens (including phenoxy) is 6. The zero-order chi connectivity index (χ0) is 20.2. The van der Waals surface area contributed by atoms with Crippen molar-refractivity contribution < 1.29 is 28.4 Å². The number of hydrogen-bond donors (Lipinski definition) is 4. The smallest absolute Gasteiger partial charge is 0.0941 e. The molecule has 0 aromatic rings. The maximum Gasteiger partial charge on any atom is 0.0941 e. The average Bonchev–Trinajstić information content (AvgIpc) is 2.68. The highest BCUT2D eigenvalue weighted by molar-refractivity contribution is 4.85. The molecule has 0 heterocycles. The normalized spacial score (nSPS) is 13.0. The first kappa shape index (κ1) is 26.3. The number of hydrogen-bond acceptors (Lipinski definition) is 10. The molecule has 0 spiro atoms. The summed E-state index contributed by atoms with van der Waals surface area (Å²) in [7, 11) is 0. The first-order chi connectivity index (χ1) is 13.2. The summed E-state index contributed by atoms with van der Waals surface area (Å²) in [5.41, 5.74) is 21.3. The van der Waals surface area contributed by atoms with Gasteiger partial charge in [0.2, 0.25) is 0 Å². The van der Waals surface area contributed by atoms with E-state index in [0.29, 0.717) is 72.6 Å². The van der Waals surface area contributed by atoms with Crippen LogP contribution in [-0.2, 0) is 28.4 Å². The van der Waals surface area contributed by atoms with E-state index < -0.39 is 5.41 Å². The van der Waals surface area contributed by atoms with Gasteiger partial charge in [-0.15, -0.1) is 6.58 Å². The van der Waals surface area contributed by atoms with Crippen molar-refractivity contribution >= 4 is 0 Å². The Morgan fingerprint density at radius 3 is 1.59 bits per heavy atom. The second-order valence-corrected chi connectivity index (χ2v) is 5.92. The molecule has 0 radical (unpaired) electrons. The molecular weight excluding hydrogens is 356 g/mol. The molecular formula is C17H38N4O6. The molecule has 1 atom stereocenters. The van der Waals surface area contributed by atoms with Crippen LogP contribution >= 0.6 is 0 Å². The van der Waals surface area contributed by atoms with Crippen LogP contribution in [0.25, 0.3) is 0 Å². The van der Waals surface area contributed by atoms with Gasteiger partial charge in [-0.25, -0.2) is 0 Å². The fraction of sp³-hybridized carbons (Fsp3) is 0.882. The fourth-order valence-corrected chi connectivity index (χ4v) is 2.12. The van der Waals surface area contributed by atoms with E-state index in [0.717, 1.165) is 0 Å². The number of nitrogens with two attached hydrogens (primary N) is 4. The van der Waals surface area contributed by atoms with Gasteiger partial charge in [0, 0.05) is 13.1 Å². The van der Waals surface area contributed by atoms with Crippen molar-refractivity contribution in [3.05, 3.63) is 12.7 Å². The van der Waals surface area contributed by atoms with Crippen LogP contribution in [0.5, 0.6) is 0 Å². The lowest BCUT2D eigenvalue weighted by molar-refractivity contribution is -0.119. The molecule has 27 heavy (non-hydrogen) atoms. The summed E-state index contributed by atoms with van der Waals surface area (Å²) in [5.74, 6) is 0. The standard InChI is InChI=1S/C17H38N4O6/c1-2-16(9-19)27-13-17(10-22-4-3-18,11-23-5-7-25-14-20)12-24-6-8-26-15-21/h2,16H,1,3-15,18-21H2. The summed E-state index contributed by atoms with van der Waals surface area (Å²) in [6.07, 6.45) is 1.40. The van der Waals surface area contributed by atoms with E-state index in [1.54, 1.807) is 6.08 Å². The van der Waals surface area contributed by atoms with E-state index in [9.17, 15) is 0 Å². The Labute approximate surface area is 162 Å². The molecule has 10 heteroatoms. The van der Waals surface area contributed by atoms with Crippen LogP contribution in [0.1, 0.15) is 0 Å². The molecule has 8 N–H and O–H groups in total. The monoisotopic (exact) mass is 394 g/mol. The minimum atomic E-state index is -0.545. The molecule has 0 aromatic heterocycles. The van der Waals surface area contributed by atoms with Gasteiger partial charge in [0.25, 0.3) is 0 Å². The van der Waals surface area contributed by atoms with Gasteiger partial charge >= 0.3 is 0 Å². The number of rotatable bonds is 21. The average molecular weight is 395 g/mol. The molecule has 0 saturated carbocycles. The summed E-state index contributed by atoms with van der Waals surface area (Å²) in [6.45, 7) is 8.18. The topological polar surface area (TPSA) is 159 Å². The summed E-state index contributed by atoms with van der Waals surface area (Å²) in [6, 6.07) is 0. The van der Waals surface area contributed by atoms with Crippen LogP contribution in [0.4, 0.5) is 0 Å². The summed E-state index contributed by atoms with van der Waals surface area (Å²) in [5, 5.41) is 0. The largest absolute Gasteiger partial charge is 0.379 e. The highest BCUT2D eigenvalue weighted by Crippen LogP contribution is 2.21. The highest BCUT2D eigenvalue weighted by atomic mass is 16.5. The third-order valence-electron chi connectivity index (χ3n) is 3.57. The van der Waals surface area contributed by atoms with Gasteiger partial charge in [-0.3, -0.25) is 0 Å². The second kappa shape index (κ2) is 18.7. The molecule has 0 saturated heterocycles. The maximum absolute atomic E-state index is 5.88. The first-order valence-electron chi connectivity index (χ1n) is 9.11. The van der Waals surface area contributed by atoms with Crippen LogP contribution in [0.15, 0.2) is 12.7 Å². The Kier molecular flexibility index (Phi) is 18.2. The molecule has 0 aromatic carbocycles. The van der Waals surface area contributed by atoms with Gasteiger partial charge in [0.05, 0.1) is 84.4 Å². The van der Waals surface area contributed by atoms with Crippen molar-refractivity contribution in [2.24, 2.45) is 28.3 Å². The van der Waals surface area contributed by atoms with Gasteiger partial charge in [-0.2, -0.15) is 0 Å². The zero-order valence-corrected chi connectivity index (χ0v) is 16.3. The van der Waals surface area contributed by atoms with Crippen molar-refractivity contribution in [3.63, 3.8) is 0 Å². The lowest BCUT2D eigenvalue weighted by Gasteiger charge is -2.34. The van der Waals surface area contributed by atoms with Crippen molar-refractivity contribution in [2.45, 2.75) is 6.10 Å². The van der Waals surface area contributed by atoms with Crippen molar-refractivity contribution in [2.75, 3.05) is 86.0 Å². The van der Waals surface area contributed by atoms with Crippen molar-refractivity contribution in [3.8, 4) is 0 Å². The van der Waals surface area contributed by atoms with Crippen LogP contribution in [-0.4, -0.2) is 92.1 Å². The maximum atomic E-state index is 5.88. The Balaban J connectivity index is 4.82. The first-order valence-corrected chi connectivity index (χ1v) is 9.11. The summed E-state index contributed by atoms with van der Waals surface area (Å²) in [4.78, 5) is 0. The predicted octanol–water partition coefficient (Wildman–Crippen LogP) is -1.62. The summed E-state index contributed by atoms with van der Waals surface area (Å²) >= 11 is 0. The molecule has 0 bridgehead atoms. The van der Waals surface area contributed by atoms with Crippen LogP contribution in [0.3, 0.4) is 0 Å². The van der Waals surface area contributed by atoms with Crippen LogP contribution < -0.4 is 22.9 Å². The van der Waals surface area contributed by atoms with Gasteiger partial charge in [0.1, 0.15) is 0 Å². The van der Waals surface area contributed by atoms with Crippen LogP contribution in [0.2, 0.25) is 0 Å². The Morgan fingerprint density at radius 2 is 1.19 bits per heavy atom. The minimum Gasteiger partial charge on any atom is -0.379 e. The Morgan fingerprint density at radius 1 is 0.704 bits per heavy atom. The van der Waals surface area contributed by atoms with E-state index in [1.807, 2.05) is 0 Å². The van der Waals surface area contributed by atoms with Gasteiger partial charge in [-0.05, 0) is 0 Å². The SMILES string of the molecule is C=CC(CN)OCC(COCCN)(COCCOCN)COCCOCN. The Hall–Kier alpha value is -0.660. The molecule has 162 valence electrons. The second-order valence-electron chi connectivity index (χ2n) is 5.92. The summed E-state index contributed by atoms with van der Waals surface area (Å²) < 4.78 is 33.2. The van der Waals surface area contributed by atoms with E-state index in [-0.39, 0.29) is 19.6 Å².